The van der Waals surface area contributed by atoms with Crippen molar-refractivity contribution in [2.45, 2.75) is 13.8 Å². The largest absolute Gasteiger partial charge is 0.478 e. The predicted octanol–water partition coefficient (Wildman–Crippen LogP) is 0.512. The molecule has 6 heteroatoms. The fourth-order valence-corrected chi connectivity index (χ4v) is 0.388. The van der Waals surface area contributed by atoms with Crippen LogP contribution in [0.5, 0.6) is 0 Å². The van der Waals surface area contributed by atoms with Gasteiger partial charge in [-0.2, -0.15) is 0 Å². The van der Waals surface area contributed by atoms with Crippen LogP contribution in [0, 0.1) is 0 Å². The van der Waals surface area contributed by atoms with Gasteiger partial charge in [0.25, 0.3) is 0 Å². The highest BCUT2D eigenvalue weighted by molar-refractivity contribution is 5.87. The molecule has 0 aromatic heterocycles. The first-order chi connectivity index (χ1) is 7.90. The van der Waals surface area contributed by atoms with Crippen LogP contribution in [-0.2, 0) is 14.3 Å². The molecule has 0 saturated heterocycles. The molecule has 5 N–H and O–H groups in total. The normalized spacial score (nSPS) is 10.9. The van der Waals surface area contributed by atoms with E-state index in [9.17, 15) is 9.59 Å². The molecule has 6 nitrogen and oxygen atoms in total. The van der Waals surface area contributed by atoms with Crippen molar-refractivity contribution in [2.24, 2.45) is 11.5 Å². The number of aliphatic carboxylic acids is 1. The van der Waals surface area contributed by atoms with E-state index >= 15 is 0 Å². The Kier molecular flexibility index (Phi) is 10.4. The van der Waals surface area contributed by atoms with Gasteiger partial charge in [0.1, 0.15) is 6.61 Å². The zero-order valence-corrected chi connectivity index (χ0v) is 9.97. The highest BCUT2D eigenvalue weighted by Crippen LogP contribution is 1.92. The number of rotatable bonds is 4. The molecule has 0 heterocycles. The maximum absolute atomic E-state index is 10.7. The van der Waals surface area contributed by atoms with E-state index in [0.29, 0.717) is 5.57 Å². The summed E-state index contributed by atoms with van der Waals surface area (Å²) in [5, 5.41) is 8.03. The SMILES string of the molecule is C=CCOC(=O)C(C)=CN.CC(=CN)C(=O)O. The van der Waals surface area contributed by atoms with E-state index in [2.05, 4.69) is 11.3 Å². The standard InChI is InChI=1S/C7H11NO2.C4H7NO2/c1-3-4-10-7(9)6(2)5-8;1-3(2-5)4(6)7/h3,5H,1,4,8H2,2H3;2H,5H2,1H3,(H,6,7). The van der Waals surface area contributed by atoms with Crippen LogP contribution in [0.4, 0.5) is 0 Å². The van der Waals surface area contributed by atoms with Crippen molar-refractivity contribution in [2.75, 3.05) is 6.61 Å². The Morgan fingerprint density at radius 3 is 1.94 bits per heavy atom. The Labute approximate surface area is 100 Å². The number of carboxylic acid groups (broad SMARTS) is 1. The third-order valence-corrected chi connectivity index (χ3v) is 1.49. The molecule has 0 aliphatic carbocycles. The van der Waals surface area contributed by atoms with Crippen LogP contribution < -0.4 is 11.5 Å². The molecule has 0 aliphatic rings. The van der Waals surface area contributed by atoms with Crippen molar-refractivity contribution in [3.63, 3.8) is 0 Å². The second-order valence-corrected chi connectivity index (χ2v) is 2.89. The van der Waals surface area contributed by atoms with Gasteiger partial charge in [0.05, 0.1) is 0 Å². The molecule has 0 atom stereocenters. The van der Waals surface area contributed by atoms with Crippen molar-refractivity contribution < 1.29 is 19.4 Å². The molecular formula is C11H18N2O4. The van der Waals surface area contributed by atoms with E-state index in [-0.39, 0.29) is 12.2 Å². The number of nitrogens with two attached hydrogens (primary N) is 2. The molecule has 96 valence electrons. The Morgan fingerprint density at radius 2 is 1.71 bits per heavy atom. The van der Waals surface area contributed by atoms with Crippen LogP contribution in [0.3, 0.4) is 0 Å². The van der Waals surface area contributed by atoms with E-state index in [0.717, 1.165) is 6.20 Å². The number of esters is 1. The molecular weight excluding hydrogens is 224 g/mol. The van der Waals surface area contributed by atoms with Gasteiger partial charge in [0, 0.05) is 23.5 Å². The zero-order valence-electron chi connectivity index (χ0n) is 9.97. The predicted molar refractivity (Wildman–Crippen MR) is 64.7 cm³/mol. The number of carbonyl (C=O) groups excluding carboxylic acids is 1. The maximum Gasteiger partial charge on any atom is 0.335 e. The van der Waals surface area contributed by atoms with E-state index in [4.69, 9.17) is 16.6 Å². The molecule has 0 spiro atoms. The number of carboxylic acids is 1. The minimum atomic E-state index is -0.970. The maximum atomic E-state index is 10.7. The van der Waals surface area contributed by atoms with Crippen LogP contribution >= 0.6 is 0 Å². The van der Waals surface area contributed by atoms with E-state index in [1.807, 2.05) is 0 Å². The number of carbonyl (C=O) groups is 2. The lowest BCUT2D eigenvalue weighted by molar-refractivity contribution is -0.137. The van der Waals surface area contributed by atoms with Crippen LogP contribution in [0.2, 0.25) is 0 Å². The molecule has 0 saturated carbocycles. The van der Waals surface area contributed by atoms with Gasteiger partial charge in [0.2, 0.25) is 0 Å². The van der Waals surface area contributed by atoms with Gasteiger partial charge in [-0.15, -0.1) is 0 Å². The summed E-state index contributed by atoms with van der Waals surface area (Å²) < 4.78 is 4.64. The third-order valence-electron chi connectivity index (χ3n) is 1.49. The topological polar surface area (TPSA) is 116 Å². The second-order valence-electron chi connectivity index (χ2n) is 2.89. The van der Waals surface area contributed by atoms with Gasteiger partial charge in [-0.3, -0.25) is 0 Å². The van der Waals surface area contributed by atoms with Gasteiger partial charge in [-0.05, 0) is 13.8 Å². The molecule has 17 heavy (non-hydrogen) atoms. The van der Waals surface area contributed by atoms with Gasteiger partial charge in [0.15, 0.2) is 0 Å². The van der Waals surface area contributed by atoms with Crippen LogP contribution in [-0.4, -0.2) is 23.7 Å². The van der Waals surface area contributed by atoms with E-state index in [1.165, 1.54) is 19.2 Å². The third kappa shape index (κ3) is 10.1. The summed E-state index contributed by atoms with van der Waals surface area (Å²) in [4.78, 5) is 20.5. The highest BCUT2D eigenvalue weighted by atomic mass is 16.5. The van der Waals surface area contributed by atoms with Gasteiger partial charge in [-0.1, -0.05) is 12.7 Å². The van der Waals surface area contributed by atoms with Gasteiger partial charge < -0.3 is 21.3 Å². The summed E-state index contributed by atoms with van der Waals surface area (Å²) in [5.74, 6) is -1.37. The van der Waals surface area contributed by atoms with Crippen molar-refractivity contribution >= 4 is 11.9 Å². The number of ether oxygens (including phenoxy) is 1. The summed E-state index contributed by atoms with van der Waals surface area (Å²) >= 11 is 0. The number of hydrogen-bond donors (Lipinski definition) is 3. The van der Waals surface area contributed by atoms with Crippen LogP contribution in [0.1, 0.15) is 13.8 Å². The van der Waals surface area contributed by atoms with Crippen molar-refractivity contribution in [1.82, 2.24) is 0 Å². The van der Waals surface area contributed by atoms with Crippen molar-refractivity contribution in [1.29, 1.82) is 0 Å². The molecule has 0 aliphatic heterocycles. The van der Waals surface area contributed by atoms with E-state index in [1.54, 1.807) is 6.92 Å². The molecule has 0 fully saturated rings. The highest BCUT2D eigenvalue weighted by Gasteiger charge is 2.01. The molecule has 0 bridgehead atoms. The molecule has 0 aromatic rings. The summed E-state index contributed by atoms with van der Waals surface area (Å²) in [6.45, 7) is 6.64. The van der Waals surface area contributed by atoms with Crippen LogP contribution in [0.25, 0.3) is 0 Å². The molecule has 0 amide bonds. The Balaban J connectivity index is 0. The molecule has 0 unspecified atom stereocenters. The fourth-order valence-electron chi connectivity index (χ4n) is 0.388. The number of hydrogen-bond acceptors (Lipinski definition) is 5. The Hall–Kier alpha value is -2.24. The molecule has 0 aromatic carbocycles. The first-order valence-corrected chi connectivity index (χ1v) is 4.69. The summed E-state index contributed by atoms with van der Waals surface area (Å²) in [6.07, 6.45) is 3.77. The smallest absolute Gasteiger partial charge is 0.335 e. The lowest BCUT2D eigenvalue weighted by Crippen LogP contribution is -2.06. The zero-order chi connectivity index (χ0) is 13.8. The average molecular weight is 242 g/mol. The van der Waals surface area contributed by atoms with E-state index < -0.39 is 11.9 Å². The first-order valence-electron chi connectivity index (χ1n) is 4.69. The minimum Gasteiger partial charge on any atom is -0.478 e. The summed E-state index contributed by atoms with van der Waals surface area (Å²) in [6, 6.07) is 0. The Bertz CT molecular complexity index is 332. The minimum absolute atomic E-state index is 0.167. The monoisotopic (exact) mass is 242 g/mol. The fraction of sp³-hybridized carbons (Fsp3) is 0.273. The van der Waals surface area contributed by atoms with Crippen molar-refractivity contribution in [3.8, 4) is 0 Å². The van der Waals surface area contributed by atoms with Gasteiger partial charge >= 0.3 is 11.9 Å². The molecule has 0 rings (SSSR count). The molecule has 0 radical (unpaired) electrons. The van der Waals surface area contributed by atoms with Crippen LogP contribution in [0.15, 0.2) is 36.2 Å². The Morgan fingerprint density at radius 1 is 1.24 bits per heavy atom. The lowest BCUT2D eigenvalue weighted by Gasteiger charge is -1.98. The quantitative estimate of drug-likeness (QED) is 0.376. The summed E-state index contributed by atoms with van der Waals surface area (Å²) in [7, 11) is 0. The average Bonchev–Trinajstić information content (AvgIpc) is 2.34. The van der Waals surface area contributed by atoms with Gasteiger partial charge in [-0.25, -0.2) is 9.59 Å². The second kappa shape index (κ2) is 10.3. The summed E-state index contributed by atoms with van der Waals surface area (Å²) in [5.41, 5.74) is 10.5. The first kappa shape index (κ1) is 17.2. The lowest BCUT2D eigenvalue weighted by atomic mass is 10.3. The van der Waals surface area contributed by atoms with Crippen molar-refractivity contribution in [3.05, 3.63) is 36.2 Å².